The van der Waals surface area contributed by atoms with Gasteiger partial charge in [0.1, 0.15) is 5.82 Å². The second kappa shape index (κ2) is 9.46. The lowest BCUT2D eigenvalue weighted by Crippen LogP contribution is -2.23. The molecule has 0 spiro atoms. The topological polar surface area (TPSA) is 102 Å². The van der Waals surface area contributed by atoms with Crippen LogP contribution in [0.15, 0.2) is 36.2 Å². The Hall–Kier alpha value is -2.02. The van der Waals surface area contributed by atoms with Gasteiger partial charge in [0.2, 0.25) is 0 Å². The largest absolute Gasteiger partial charge is 0.386 e. The van der Waals surface area contributed by atoms with Crippen LogP contribution in [-0.2, 0) is 0 Å². The van der Waals surface area contributed by atoms with Gasteiger partial charge in [0.15, 0.2) is 5.82 Å². The van der Waals surface area contributed by atoms with Crippen molar-refractivity contribution in [3.8, 4) is 11.4 Å². The van der Waals surface area contributed by atoms with Gasteiger partial charge in [-0.2, -0.15) is 0 Å². The van der Waals surface area contributed by atoms with Crippen LogP contribution in [0, 0.1) is 6.92 Å². The minimum atomic E-state index is 0.424. The molecule has 6 N–H and O–H groups in total. The van der Waals surface area contributed by atoms with E-state index in [9.17, 15) is 0 Å². The zero-order valence-corrected chi connectivity index (χ0v) is 15.5. The minimum Gasteiger partial charge on any atom is -0.386 e. The van der Waals surface area contributed by atoms with E-state index < -0.39 is 0 Å². The van der Waals surface area contributed by atoms with Crippen LogP contribution in [0.3, 0.4) is 0 Å². The van der Waals surface area contributed by atoms with Gasteiger partial charge in [-0.3, -0.25) is 0 Å². The quantitative estimate of drug-likeness (QED) is 0.525. The summed E-state index contributed by atoms with van der Waals surface area (Å²) in [7, 11) is 0. The van der Waals surface area contributed by atoms with Crippen molar-refractivity contribution in [2.75, 3.05) is 25.0 Å². The molecule has 0 amide bonds. The highest BCUT2D eigenvalue weighted by Crippen LogP contribution is 2.28. The minimum absolute atomic E-state index is 0.424. The van der Waals surface area contributed by atoms with E-state index in [0.29, 0.717) is 28.2 Å². The molecule has 2 rings (SSSR count). The summed E-state index contributed by atoms with van der Waals surface area (Å²) in [5, 5.41) is 7.48. The number of aryl methyl sites for hydroxylation is 1. The fourth-order valence-electron chi connectivity index (χ4n) is 2.19. The Balaban J connectivity index is 1.98. The van der Waals surface area contributed by atoms with Crippen molar-refractivity contribution < 1.29 is 0 Å². The van der Waals surface area contributed by atoms with Gasteiger partial charge in [0, 0.05) is 42.0 Å². The average Bonchev–Trinajstić information content (AvgIpc) is 2.54. The molecule has 0 saturated carbocycles. The van der Waals surface area contributed by atoms with Gasteiger partial charge in [-0.15, -0.1) is 0 Å². The van der Waals surface area contributed by atoms with Crippen molar-refractivity contribution in [3.05, 3.63) is 51.9 Å². The number of anilines is 1. The molecule has 1 heterocycles. The summed E-state index contributed by atoms with van der Waals surface area (Å²) in [6.45, 7) is 3.83. The average molecular weight is 381 g/mol. The molecule has 1 aromatic heterocycles. The summed E-state index contributed by atoms with van der Waals surface area (Å²) >= 11 is 12.2. The Kier molecular flexibility index (Phi) is 7.31. The van der Waals surface area contributed by atoms with E-state index in [2.05, 4.69) is 20.6 Å². The van der Waals surface area contributed by atoms with Crippen molar-refractivity contribution in [3.63, 3.8) is 0 Å². The maximum Gasteiger partial charge on any atom is 0.163 e. The predicted octanol–water partition coefficient (Wildman–Crippen LogP) is 2.91. The molecule has 0 saturated heterocycles. The lowest BCUT2D eigenvalue weighted by Gasteiger charge is -2.10. The van der Waals surface area contributed by atoms with E-state index in [-0.39, 0.29) is 0 Å². The number of hydrogen-bond donors (Lipinski definition) is 4. The van der Waals surface area contributed by atoms with Crippen molar-refractivity contribution in [2.45, 2.75) is 13.3 Å². The number of rotatable bonds is 8. The van der Waals surface area contributed by atoms with Crippen molar-refractivity contribution >= 4 is 29.0 Å². The Morgan fingerprint density at radius 2 is 2.00 bits per heavy atom. The lowest BCUT2D eigenvalue weighted by atomic mass is 10.2. The molecule has 2 aromatic rings. The number of benzene rings is 1. The third-order valence-electron chi connectivity index (χ3n) is 3.35. The Morgan fingerprint density at radius 3 is 2.72 bits per heavy atom. The van der Waals surface area contributed by atoms with Crippen LogP contribution in [0.1, 0.15) is 12.1 Å². The van der Waals surface area contributed by atoms with Crippen LogP contribution in [0.4, 0.5) is 5.82 Å². The van der Waals surface area contributed by atoms with Gasteiger partial charge < -0.3 is 22.1 Å². The molecule has 0 fully saturated rings. The molecule has 0 aliphatic rings. The number of nitrogens with zero attached hydrogens (tertiary/aromatic N) is 2. The highest BCUT2D eigenvalue weighted by molar-refractivity contribution is 6.36. The highest BCUT2D eigenvalue weighted by Gasteiger charge is 2.09. The van der Waals surface area contributed by atoms with Gasteiger partial charge in [-0.1, -0.05) is 23.2 Å². The first-order valence-electron chi connectivity index (χ1n) is 7.94. The fraction of sp³-hybridized carbons (Fsp3) is 0.294. The third kappa shape index (κ3) is 6.08. The van der Waals surface area contributed by atoms with Gasteiger partial charge in [-0.25, -0.2) is 9.97 Å². The summed E-state index contributed by atoms with van der Waals surface area (Å²) in [6, 6.07) is 7.16. The van der Waals surface area contributed by atoms with Gasteiger partial charge >= 0.3 is 0 Å². The molecule has 0 aliphatic heterocycles. The van der Waals surface area contributed by atoms with E-state index in [4.69, 9.17) is 34.7 Å². The second-order valence-corrected chi connectivity index (χ2v) is 6.29. The summed E-state index contributed by atoms with van der Waals surface area (Å²) in [5.41, 5.74) is 12.7. The van der Waals surface area contributed by atoms with E-state index in [1.807, 2.05) is 19.1 Å². The van der Waals surface area contributed by atoms with Crippen LogP contribution in [-0.4, -0.2) is 29.6 Å². The van der Waals surface area contributed by atoms with Gasteiger partial charge in [0.05, 0.1) is 10.8 Å². The number of hydrogen-bond acceptors (Lipinski definition) is 6. The van der Waals surface area contributed by atoms with Crippen LogP contribution in [0.5, 0.6) is 0 Å². The number of nitrogens with one attached hydrogen (secondary N) is 2. The Bertz CT molecular complexity index is 748. The SMILES string of the molecule is Cc1cc(NCCCN/C(N)=C/CN)nc(-c2ccc(Cl)cc2Cl)n1. The number of aromatic nitrogens is 2. The van der Waals surface area contributed by atoms with E-state index >= 15 is 0 Å². The normalized spacial score (nSPS) is 11.4. The third-order valence-corrected chi connectivity index (χ3v) is 3.90. The van der Waals surface area contributed by atoms with Crippen LogP contribution in [0.2, 0.25) is 10.0 Å². The van der Waals surface area contributed by atoms with E-state index in [1.54, 1.807) is 18.2 Å². The summed E-state index contributed by atoms with van der Waals surface area (Å²) < 4.78 is 0. The second-order valence-electron chi connectivity index (χ2n) is 5.44. The lowest BCUT2D eigenvalue weighted by molar-refractivity contribution is 0.735. The molecule has 134 valence electrons. The summed E-state index contributed by atoms with van der Waals surface area (Å²) in [5.74, 6) is 1.91. The van der Waals surface area contributed by atoms with Gasteiger partial charge in [-0.05, 0) is 37.6 Å². The van der Waals surface area contributed by atoms with Crippen LogP contribution < -0.4 is 22.1 Å². The highest BCUT2D eigenvalue weighted by atomic mass is 35.5. The summed E-state index contributed by atoms with van der Waals surface area (Å²) in [6.07, 6.45) is 2.61. The zero-order valence-electron chi connectivity index (χ0n) is 14.0. The standard InChI is InChI=1S/C17H22Cl2N6/c1-11-9-16(23-8-2-7-22-15(21)5-6-20)25-17(24-11)13-4-3-12(18)10-14(13)19/h3-5,9-10,22H,2,6-8,20-21H2,1H3,(H,23,24,25)/b15-5+. The summed E-state index contributed by atoms with van der Waals surface area (Å²) in [4.78, 5) is 8.99. The maximum atomic E-state index is 6.25. The van der Waals surface area contributed by atoms with Crippen molar-refractivity contribution in [1.82, 2.24) is 15.3 Å². The molecule has 0 radical (unpaired) electrons. The molecule has 25 heavy (non-hydrogen) atoms. The maximum absolute atomic E-state index is 6.25. The first kappa shape index (κ1) is 19.3. The molecular formula is C17H22Cl2N6. The molecule has 6 nitrogen and oxygen atoms in total. The Morgan fingerprint density at radius 1 is 1.20 bits per heavy atom. The molecule has 0 atom stereocenters. The Labute approximate surface area is 157 Å². The van der Waals surface area contributed by atoms with E-state index in [0.717, 1.165) is 36.6 Å². The van der Waals surface area contributed by atoms with E-state index in [1.165, 1.54) is 0 Å². The first-order valence-corrected chi connectivity index (χ1v) is 8.69. The number of nitrogens with two attached hydrogens (primary N) is 2. The van der Waals surface area contributed by atoms with Crippen molar-refractivity contribution in [2.24, 2.45) is 11.5 Å². The molecule has 0 unspecified atom stereocenters. The monoisotopic (exact) mass is 380 g/mol. The smallest absolute Gasteiger partial charge is 0.163 e. The number of halogens is 2. The molecule has 1 aromatic carbocycles. The molecule has 8 heteroatoms. The van der Waals surface area contributed by atoms with Crippen LogP contribution >= 0.6 is 23.2 Å². The molecule has 0 aliphatic carbocycles. The molecular weight excluding hydrogens is 359 g/mol. The first-order chi connectivity index (χ1) is 12.0. The van der Waals surface area contributed by atoms with Crippen LogP contribution in [0.25, 0.3) is 11.4 Å². The fourth-order valence-corrected chi connectivity index (χ4v) is 2.68. The predicted molar refractivity (Wildman–Crippen MR) is 105 cm³/mol. The zero-order chi connectivity index (χ0) is 18.2. The van der Waals surface area contributed by atoms with Crippen molar-refractivity contribution in [1.29, 1.82) is 0 Å². The van der Waals surface area contributed by atoms with Gasteiger partial charge in [0.25, 0.3) is 0 Å². The molecule has 0 bridgehead atoms.